The number of nitrogens with two attached hydrogens (primary N) is 1. The first-order valence-corrected chi connectivity index (χ1v) is 13.1. The summed E-state index contributed by atoms with van der Waals surface area (Å²) in [5.74, 6) is -0.139. The summed E-state index contributed by atoms with van der Waals surface area (Å²) < 4.78 is 7.62. The largest absolute Gasteiger partial charge is 0.475 e. The second kappa shape index (κ2) is 11.1. The number of thiophene rings is 1. The van der Waals surface area contributed by atoms with Crippen molar-refractivity contribution >= 4 is 57.1 Å². The highest BCUT2D eigenvalue weighted by Crippen LogP contribution is 2.31. The van der Waals surface area contributed by atoms with Crippen LogP contribution in [0, 0.1) is 0 Å². The minimum absolute atomic E-state index is 0.0279. The number of nitrogen functional groups attached to an aromatic ring is 1. The molecule has 1 aliphatic rings. The highest BCUT2D eigenvalue weighted by molar-refractivity contribution is 7.19. The van der Waals surface area contributed by atoms with Crippen molar-refractivity contribution in [3.05, 3.63) is 82.6 Å². The number of anilines is 2. The van der Waals surface area contributed by atoms with Gasteiger partial charge in [0.05, 0.1) is 26.8 Å². The van der Waals surface area contributed by atoms with E-state index in [0.717, 1.165) is 34.9 Å². The fourth-order valence-electron chi connectivity index (χ4n) is 4.21. The summed E-state index contributed by atoms with van der Waals surface area (Å²) in [6.07, 6.45) is 1.34. The van der Waals surface area contributed by atoms with Crippen molar-refractivity contribution in [1.29, 1.82) is 0 Å². The molecule has 9 nitrogen and oxygen atoms in total. The first-order valence-electron chi connectivity index (χ1n) is 11.9. The van der Waals surface area contributed by atoms with Gasteiger partial charge in [0, 0.05) is 43.4 Å². The number of carbonyl (C=O) groups excluding carboxylic acids is 1. The van der Waals surface area contributed by atoms with Gasteiger partial charge in [-0.2, -0.15) is 0 Å². The second-order valence-corrected chi connectivity index (χ2v) is 10.4. The smallest absolute Gasteiger partial charge is 0.372 e. The molecule has 1 fully saturated rings. The van der Waals surface area contributed by atoms with Crippen LogP contribution < -0.4 is 10.6 Å². The van der Waals surface area contributed by atoms with E-state index >= 15 is 0 Å². The lowest BCUT2D eigenvalue weighted by molar-refractivity contribution is -0.119. The van der Waals surface area contributed by atoms with E-state index < -0.39 is 5.97 Å². The maximum atomic E-state index is 11.5. The van der Waals surface area contributed by atoms with E-state index in [1.807, 2.05) is 48.5 Å². The van der Waals surface area contributed by atoms with Gasteiger partial charge in [0.1, 0.15) is 11.5 Å². The zero-order chi connectivity index (χ0) is 26.6. The fraction of sp³-hybridized carbons (Fsp3) is 0.185. The van der Waals surface area contributed by atoms with E-state index in [4.69, 9.17) is 21.9 Å². The highest BCUT2D eigenvalue weighted by atomic mass is 35.5. The van der Waals surface area contributed by atoms with Crippen molar-refractivity contribution < 1.29 is 19.2 Å². The lowest BCUT2D eigenvalue weighted by Crippen LogP contribution is -2.33. The average Bonchev–Trinajstić information content (AvgIpc) is 3.65. The Morgan fingerprint density at radius 2 is 1.82 bits per heavy atom. The molecule has 2 aromatic carbocycles. The van der Waals surface area contributed by atoms with Crippen molar-refractivity contribution in [2.45, 2.75) is 19.4 Å². The number of benzene rings is 2. The lowest BCUT2D eigenvalue weighted by atomic mass is 10.1. The Bertz CT molecular complexity index is 1580. The summed E-state index contributed by atoms with van der Waals surface area (Å²) in [7, 11) is 0. The number of carbonyl (C=O) groups is 2. The van der Waals surface area contributed by atoms with Gasteiger partial charge in [0.25, 0.3) is 0 Å². The van der Waals surface area contributed by atoms with Gasteiger partial charge < -0.3 is 24.8 Å². The molecule has 0 saturated carbocycles. The van der Waals surface area contributed by atoms with Crippen LogP contribution in [0.3, 0.4) is 0 Å². The molecule has 1 saturated heterocycles. The number of carboxylic acids is 1. The summed E-state index contributed by atoms with van der Waals surface area (Å²) in [5, 5.41) is 13.4. The van der Waals surface area contributed by atoms with E-state index in [-0.39, 0.29) is 12.4 Å². The normalized spacial score (nSPS) is 13.4. The molecule has 3 aromatic heterocycles. The number of hydrogen-bond donors (Lipinski definition) is 2. The summed E-state index contributed by atoms with van der Waals surface area (Å²) in [6, 6.07) is 20.5. The number of ketones is 1. The number of carboxylic acid groups (broad SMARTS) is 1. The van der Waals surface area contributed by atoms with E-state index in [1.54, 1.807) is 22.8 Å². The first-order chi connectivity index (χ1) is 18.4. The Kier molecular flexibility index (Phi) is 7.43. The molecule has 0 unspecified atom stereocenters. The number of aromatic nitrogens is 3. The van der Waals surface area contributed by atoms with Gasteiger partial charge >= 0.3 is 5.97 Å². The monoisotopic (exact) mass is 549 g/mol. The quantitative estimate of drug-likeness (QED) is 0.271. The van der Waals surface area contributed by atoms with Crippen molar-refractivity contribution in [2.24, 2.45) is 0 Å². The van der Waals surface area contributed by atoms with Crippen LogP contribution >= 0.6 is 22.9 Å². The predicted octanol–water partition coefficient (Wildman–Crippen LogP) is 5.59. The molecule has 3 N–H and O–H groups in total. The van der Waals surface area contributed by atoms with Crippen molar-refractivity contribution in [3.8, 4) is 10.6 Å². The molecule has 5 aromatic rings. The molecular weight excluding hydrogens is 526 g/mol. The minimum Gasteiger partial charge on any atom is -0.475 e. The van der Waals surface area contributed by atoms with Gasteiger partial charge in [-0.15, -0.1) is 11.3 Å². The Balaban J connectivity index is 0.000000179. The molecule has 194 valence electrons. The van der Waals surface area contributed by atoms with Crippen molar-refractivity contribution in [1.82, 2.24) is 14.7 Å². The van der Waals surface area contributed by atoms with Crippen LogP contribution in [-0.4, -0.2) is 44.7 Å². The number of imidazole rings is 1. The lowest BCUT2D eigenvalue weighted by Gasteiger charge is -2.28. The third-order valence-electron chi connectivity index (χ3n) is 6.12. The highest BCUT2D eigenvalue weighted by Gasteiger charge is 2.19. The van der Waals surface area contributed by atoms with Crippen LogP contribution in [0.4, 0.5) is 11.4 Å². The standard InChI is InChI=1S/C16H10ClN3O3S.C11H14N2O/c17-14-6-5-13(24-14)12-7-9(19-23-12)8-20-11-4-2-1-3-10(11)18-15(20)16(21)22;12-9-1-3-10(4-2-9)13-7-5-11(14)6-8-13/h1-7H,8H2,(H,21,22);1-4H,5-8,12H2. The molecule has 6 rings (SSSR count). The van der Waals surface area contributed by atoms with Crippen LogP contribution in [0.15, 0.2) is 71.3 Å². The van der Waals surface area contributed by atoms with Gasteiger partial charge in [-0.25, -0.2) is 9.78 Å². The third kappa shape index (κ3) is 5.71. The number of halogens is 1. The molecule has 0 amide bonds. The molecule has 1 aliphatic heterocycles. The summed E-state index contributed by atoms with van der Waals surface area (Å²) in [6.45, 7) is 1.93. The molecule has 0 atom stereocenters. The minimum atomic E-state index is -1.08. The predicted molar refractivity (Wildman–Crippen MR) is 148 cm³/mol. The Labute approximate surface area is 227 Å². The Morgan fingerprint density at radius 1 is 1.08 bits per heavy atom. The van der Waals surface area contributed by atoms with Gasteiger partial charge in [-0.1, -0.05) is 28.9 Å². The van der Waals surface area contributed by atoms with Gasteiger partial charge in [0.2, 0.25) is 5.82 Å². The van der Waals surface area contributed by atoms with Crippen LogP contribution in [0.1, 0.15) is 29.2 Å². The second-order valence-electron chi connectivity index (χ2n) is 8.72. The third-order valence-corrected chi connectivity index (χ3v) is 7.37. The zero-order valence-electron chi connectivity index (χ0n) is 20.2. The number of hydrogen-bond acceptors (Lipinski definition) is 8. The SMILES string of the molecule is Nc1ccc(N2CCC(=O)CC2)cc1.O=C(O)c1nc2ccccc2n1Cc1cc(-c2ccc(Cl)s2)on1. The summed E-state index contributed by atoms with van der Waals surface area (Å²) in [4.78, 5) is 29.8. The molecule has 0 spiro atoms. The van der Waals surface area contributed by atoms with Crippen LogP contribution in [0.2, 0.25) is 4.34 Å². The topological polar surface area (TPSA) is 127 Å². The number of piperidine rings is 1. The molecule has 11 heteroatoms. The van der Waals surface area contributed by atoms with E-state index in [2.05, 4.69) is 15.0 Å². The number of nitrogens with zero attached hydrogens (tertiary/aromatic N) is 4. The Hall–Kier alpha value is -4.15. The van der Waals surface area contributed by atoms with Crippen molar-refractivity contribution in [2.75, 3.05) is 23.7 Å². The van der Waals surface area contributed by atoms with Gasteiger partial charge in [-0.3, -0.25) is 4.79 Å². The van der Waals surface area contributed by atoms with Crippen LogP contribution in [0.25, 0.3) is 21.7 Å². The number of rotatable bonds is 5. The summed E-state index contributed by atoms with van der Waals surface area (Å²) in [5.41, 5.74) is 9.52. The fourth-order valence-corrected chi connectivity index (χ4v) is 5.20. The van der Waals surface area contributed by atoms with E-state index in [1.165, 1.54) is 11.3 Å². The molecular formula is C27H24ClN5O4S. The number of Topliss-reactive ketones (excluding diaryl/α,β-unsaturated/α-hetero) is 1. The number of fused-ring (bicyclic) bond motifs is 1. The Morgan fingerprint density at radius 3 is 2.50 bits per heavy atom. The van der Waals surface area contributed by atoms with Crippen LogP contribution in [0.5, 0.6) is 0 Å². The maximum Gasteiger partial charge on any atom is 0.372 e. The number of aromatic carboxylic acids is 1. The molecule has 38 heavy (non-hydrogen) atoms. The number of para-hydroxylation sites is 2. The zero-order valence-corrected chi connectivity index (χ0v) is 21.8. The van der Waals surface area contributed by atoms with Crippen LogP contribution in [-0.2, 0) is 11.3 Å². The van der Waals surface area contributed by atoms with Gasteiger partial charge in [-0.05, 0) is 48.5 Å². The van der Waals surface area contributed by atoms with Gasteiger partial charge in [0.15, 0.2) is 5.76 Å². The maximum absolute atomic E-state index is 11.5. The first kappa shape index (κ1) is 25.5. The van der Waals surface area contributed by atoms with Crippen molar-refractivity contribution in [3.63, 3.8) is 0 Å². The average molecular weight is 550 g/mol. The summed E-state index contributed by atoms with van der Waals surface area (Å²) >= 11 is 7.32. The molecule has 0 bridgehead atoms. The molecule has 0 aliphatic carbocycles. The molecule has 0 radical (unpaired) electrons. The molecule has 4 heterocycles. The van der Waals surface area contributed by atoms with E-state index in [9.17, 15) is 14.7 Å². The van der Waals surface area contributed by atoms with E-state index in [0.29, 0.717) is 39.9 Å².